The maximum atomic E-state index is 12.6. The van der Waals surface area contributed by atoms with Gasteiger partial charge in [0.05, 0.1) is 5.92 Å². The molecule has 2 heterocycles. The number of rotatable bonds is 5. The van der Waals surface area contributed by atoms with E-state index in [0.717, 1.165) is 5.75 Å². The Labute approximate surface area is 179 Å². The Morgan fingerprint density at radius 2 is 1.58 bits per heavy atom. The van der Waals surface area contributed by atoms with E-state index >= 15 is 0 Å². The Hall–Kier alpha value is -4.00. The molecule has 2 aliphatic rings. The molecule has 0 bridgehead atoms. The lowest BCUT2D eigenvalue weighted by molar-refractivity contribution is -0.123. The minimum Gasteiger partial charge on any atom is -0.457 e. The molecule has 0 aliphatic carbocycles. The van der Waals surface area contributed by atoms with E-state index in [-0.39, 0.29) is 24.5 Å². The van der Waals surface area contributed by atoms with E-state index < -0.39 is 0 Å². The van der Waals surface area contributed by atoms with Crippen molar-refractivity contribution < 1.29 is 23.8 Å². The van der Waals surface area contributed by atoms with Crippen LogP contribution in [0.4, 0.5) is 5.69 Å². The molecule has 1 N–H and O–H groups in total. The molecule has 7 nitrogen and oxygen atoms in total. The van der Waals surface area contributed by atoms with Crippen molar-refractivity contribution in [3.8, 4) is 23.0 Å². The van der Waals surface area contributed by atoms with Gasteiger partial charge in [-0.3, -0.25) is 9.59 Å². The molecule has 2 amide bonds. The summed E-state index contributed by atoms with van der Waals surface area (Å²) in [6.45, 7) is 0.931. The number of fused-ring (bicyclic) bond motifs is 1. The summed E-state index contributed by atoms with van der Waals surface area (Å²) in [4.78, 5) is 26.8. The summed E-state index contributed by atoms with van der Waals surface area (Å²) in [5, 5.41) is 2.90. The summed E-state index contributed by atoms with van der Waals surface area (Å²) in [5.74, 6) is 2.18. The van der Waals surface area contributed by atoms with Crippen LogP contribution in [0.5, 0.6) is 23.0 Å². The van der Waals surface area contributed by atoms with Gasteiger partial charge >= 0.3 is 0 Å². The minimum atomic E-state index is -0.238. The molecule has 156 valence electrons. The molecule has 7 heteroatoms. The third-order valence-electron chi connectivity index (χ3n) is 5.26. The number of hydrogen-bond acceptors (Lipinski definition) is 5. The molecular formula is C24H20N2O5. The van der Waals surface area contributed by atoms with Crippen LogP contribution in [0.2, 0.25) is 0 Å². The van der Waals surface area contributed by atoms with E-state index in [0.29, 0.717) is 41.6 Å². The zero-order chi connectivity index (χ0) is 21.2. The topological polar surface area (TPSA) is 77.1 Å². The average Bonchev–Trinajstić information content (AvgIpc) is 3.23. The summed E-state index contributed by atoms with van der Waals surface area (Å²) >= 11 is 0. The maximum Gasteiger partial charge on any atom is 0.254 e. The van der Waals surface area contributed by atoms with Crippen molar-refractivity contribution in [3.63, 3.8) is 0 Å². The highest BCUT2D eigenvalue weighted by Crippen LogP contribution is 2.33. The fraction of sp³-hybridized carbons (Fsp3) is 0.167. The van der Waals surface area contributed by atoms with E-state index in [2.05, 4.69) is 5.32 Å². The van der Waals surface area contributed by atoms with Gasteiger partial charge in [0.25, 0.3) is 5.91 Å². The van der Waals surface area contributed by atoms with Crippen LogP contribution in [-0.4, -0.2) is 36.6 Å². The van der Waals surface area contributed by atoms with Gasteiger partial charge in [-0.1, -0.05) is 18.2 Å². The summed E-state index contributed by atoms with van der Waals surface area (Å²) in [6.07, 6.45) is 0. The second-order valence-electron chi connectivity index (χ2n) is 7.40. The molecule has 3 aromatic carbocycles. The molecule has 3 aromatic rings. The number of likely N-dealkylation sites (tertiary alicyclic amines) is 1. The van der Waals surface area contributed by atoms with Gasteiger partial charge in [0, 0.05) is 24.3 Å². The summed E-state index contributed by atoms with van der Waals surface area (Å²) < 4.78 is 16.3. The van der Waals surface area contributed by atoms with Gasteiger partial charge in [0.15, 0.2) is 11.5 Å². The number of carbonyl (C=O) groups is 2. The lowest BCUT2D eigenvalue weighted by Gasteiger charge is -2.38. The molecule has 1 saturated heterocycles. The maximum absolute atomic E-state index is 12.6. The SMILES string of the molecule is O=C(Nc1ccc(Oc2ccccc2)cc1)C1CN(C(=O)c2ccc3c(c2)OCO3)C1. The van der Waals surface area contributed by atoms with Gasteiger partial charge in [-0.25, -0.2) is 0 Å². The first-order chi connectivity index (χ1) is 15.2. The molecular weight excluding hydrogens is 396 g/mol. The van der Waals surface area contributed by atoms with Gasteiger partial charge in [-0.05, 0) is 54.6 Å². The van der Waals surface area contributed by atoms with Gasteiger partial charge in [-0.15, -0.1) is 0 Å². The molecule has 0 saturated carbocycles. The highest BCUT2D eigenvalue weighted by molar-refractivity contribution is 5.99. The molecule has 1 fully saturated rings. The van der Waals surface area contributed by atoms with Gasteiger partial charge in [0.2, 0.25) is 12.7 Å². The van der Waals surface area contributed by atoms with E-state index in [1.165, 1.54) is 0 Å². The number of para-hydroxylation sites is 1. The minimum absolute atomic E-state index is 0.105. The number of carbonyl (C=O) groups excluding carboxylic acids is 2. The Bertz CT molecular complexity index is 1110. The van der Waals surface area contributed by atoms with Crippen molar-refractivity contribution in [2.45, 2.75) is 0 Å². The predicted molar refractivity (Wildman–Crippen MR) is 114 cm³/mol. The molecule has 0 spiro atoms. The van der Waals surface area contributed by atoms with Crippen molar-refractivity contribution in [2.24, 2.45) is 5.92 Å². The van der Waals surface area contributed by atoms with Gasteiger partial charge in [-0.2, -0.15) is 0 Å². The molecule has 0 radical (unpaired) electrons. The number of hydrogen-bond donors (Lipinski definition) is 1. The smallest absolute Gasteiger partial charge is 0.254 e. The van der Waals surface area contributed by atoms with Crippen LogP contribution in [0.25, 0.3) is 0 Å². The number of nitrogens with one attached hydrogen (secondary N) is 1. The van der Waals surface area contributed by atoms with Crippen molar-refractivity contribution in [3.05, 3.63) is 78.4 Å². The monoisotopic (exact) mass is 416 g/mol. The van der Waals surface area contributed by atoms with Crippen LogP contribution in [0.1, 0.15) is 10.4 Å². The Kier molecular flexibility index (Phi) is 4.92. The van der Waals surface area contributed by atoms with Crippen LogP contribution in [0, 0.1) is 5.92 Å². The summed E-state index contributed by atoms with van der Waals surface area (Å²) in [5.41, 5.74) is 1.21. The van der Waals surface area contributed by atoms with Crippen molar-refractivity contribution >= 4 is 17.5 Å². The third-order valence-corrected chi connectivity index (χ3v) is 5.26. The molecule has 31 heavy (non-hydrogen) atoms. The van der Waals surface area contributed by atoms with Crippen molar-refractivity contribution in [2.75, 3.05) is 25.2 Å². The first kappa shape index (κ1) is 19.0. The van der Waals surface area contributed by atoms with E-state index in [9.17, 15) is 9.59 Å². The van der Waals surface area contributed by atoms with Crippen molar-refractivity contribution in [1.29, 1.82) is 0 Å². The van der Waals surface area contributed by atoms with E-state index in [1.807, 2.05) is 30.3 Å². The number of benzene rings is 3. The second kappa shape index (κ2) is 8.02. The molecule has 0 unspecified atom stereocenters. The van der Waals surface area contributed by atoms with E-state index in [1.54, 1.807) is 47.4 Å². The normalized spacial score (nSPS) is 14.6. The zero-order valence-electron chi connectivity index (χ0n) is 16.6. The first-order valence-corrected chi connectivity index (χ1v) is 9.98. The predicted octanol–water partition coefficient (Wildman–Crippen LogP) is 3.92. The Morgan fingerprint density at radius 3 is 2.35 bits per heavy atom. The average molecular weight is 416 g/mol. The van der Waals surface area contributed by atoms with Crippen LogP contribution >= 0.6 is 0 Å². The standard InChI is InChI=1S/C24H20N2O5/c27-23(25-18-7-9-20(10-8-18)31-19-4-2-1-3-5-19)17-13-26(14-17)24(28)16-6-11-21-22(12-16)30-15-29-21/h1-12,17H,13-15H2,(H,25,27). The van der Waals surface area contributed by atoms with Crippen molar-refractivity contribution in [1.82, 2.24) is 4.90 Å². The quantitative estimate of drug-likeness (QED) is 0.682. The second-order valence-corrected chi connectivity index (χ2v) is 7.40. The molecule has 5 rings (SSSR count). The first-order valence-electron chi connectivity index (χ1n) is 9.98. The Balaban J connectivity index is 1.13. The zero-order valence-corrected chi connectivity index (χ0v) is 16.6. The van der Waals surface area contributed by atoms with Gasteiger partial charge in [0.1, 0.15) is 11.5 Å². The fourth-order valence-corrected chi connectivity index (χ4v) is 3.50. The summed E-state index contributed by atoms with van der Waals surface area (Å²) in [7, 11) is 0. The fourth-order valence-electron chi connectivity index (χ4n) is 3.50. The van der Waals surface area contributed by atoms with Crippen LogP contribution in [0.3, 0.4) is 0 Å². The van der Waals surface area contributed by atoms with Gasteiger partial charge < -0.3 is 24.4 Å². The lowest BCUT2D eigenvalue weighted by atomic mass is 9.97. The largest absolute Gasteiger partial charge is 0.457 e. The molecule has 2 aliphatic heterocycles. The number of amides is 2. The highest BCUT2D eigenvalue weighted by Gasteiger charge is 2.36. The highest BCUT2D eigenvalue weighted by atomic mass is 16.7. The third kappa shape index (κ3) is 4.02. The summed E-state index contributed by atoms with van der Waals surface area (Å²) in [6, 6.07) is 21.8. The van der Waals surface area contributed by atoms with Crippen LogP contribution in [-0.2, 0) is 4.79 Å². The number of anilines is 1. The lowest BCUT2D eigenvalue weighted by Crippen LogP contribution is -2.54. The molecule has 0 atom stereocenters. The van der Waals surface area contributed by atoms with E-state index in [4.69, 9.17) is 14.2 Å². The Morgan fingerprint density at radius 1 is 0.871 bits per heavy atom. The molecule has 0 aromatic heterocycles. The van der Waals surface area contributed by atoms with Crippen LogP contribution < -0.4 is 19.5 Å². The number of ether oxygens (including phenoxy) is 3. The van der Waals surface area contributed by atoms with Crippen LogP contribution in [0.15, 0.2) is 72.8 Å². The number of nitrogens with zero attached hydrogens (tertiary/aromatic N) is 1.